The van der Waals surface area contributed by atoms with E-state index in [1.807, 2.05) is 50.5 Å². The molecule has 1 aromatic rings. The molecule has 0 saturated carbocycles. The summed E-state index contributed by atoms with van der Waals surface area (Å²) in [6, 6.07) is 6.08. The number of nitrogens with one attached hydrogen (secondary N) is 1. The van der Waals surface area contributed by atoms with Gasteiger partial charge >= 0.3 is 6.18 Å². The summed E-state index contributed by atoms with van der Waals surface area (Å²) in [5.41, 5.74) is 4.20. The van der Waals surface area contributed by atoms with Gasteiger partial charge in [0, 0.05) is 13.5 Å². The molecule has 23 heavy (non-hydrogen) atoms. The lowest BCUT2D eigenvalue weighted by molar-refractivity contribution is -0.135. The Balaban J connectivity index is 2.93. The van der Waals surface area contributed by atoms with E-state index in [2.05, 4.69) is 11.9 Å². The van der Waals surface area contributed by atoms with E-state index in [9.17, 15) is 13.2 Å². The number of rotatable bonds is 8. The molecule has 0 amide bonds. The third kappa shape index (κ3) is 7.22. The van der Waals surface area contributed by atoms with E-state index < -0.39 is 12.6 Å². The number of benzene rings is 1. The molecule has 1 N–H and O–H groups in total. The van der Waals surface area contributed by atoms with Gasteiger partial charge in [0.15, 0.2) is 0 Å². The van der Waals surface area contributed by atoms with Gasteiger partial charge in [0.2, 0.25) is 0 Å². The van der Waals surface area contributed by atoms with E-state index in [1.54, 1.807) is 6.08 Å². The Kier molecular flexibility index (Phi) is 7.66. The summed E-state index contributed by atoms with van der Waals surface area (Å²) >= 11 is 0. The van der Waals surface area contributed by atoms with Crippen LogP contribution < -0.4 is 5.32 Å². The number of hydrogen-bond acceptors (Lipinski definition) is 1. The van der Waals surface area contributed by atoms with Crippen LogP contribution >= 0.6 is 0 Å². The van der Waals surface area contributed by atoms with Crippen molar-refractivity contribution in [3.8, 4) is 0 Å². The maximum atomic E-state index is 12.3. The first-order valence-corrected chi connectivity index (χ1v) is 7.70. The third-order valence-corrected chi connectivity index (χ3v) is 3.46. The number of unbranched alkanes of at least 4 members (excludes halogenated alkanes) is 1. The smallest absolute Gasteiger partial charge is 0.389 e. The van der Waals surface area contributed by atoms with Gasteiger partial charge in [-0.3, -0.25) is 0 Å². The van der Waals surface area contributed by atoms with Gasteiger partial charge in [0.05, 0.1) is 0 Å². The minimum atomic E-state index is -4.07. The molecule has 0 atom stereocenters. The van der Waals surface area contributed by atoms with Crippen LogP contribution in [-0.2, 0) is 6.42 Å². The largest absolute Gasteiger partial charge is 0.394 e. The maximum Gasteiger partial charge on any atom is 0.389 e. The van der Waals surface area contributed by atoms with Crippen molar-refractivity contribution in [2.45, 2.75) is 38.8 Å². The van der Waals surface area contributed by atoms with E-state index in [4.69, 9.17) is 0 Å². The molecule has 0 spiro atoms. The second-order valence-electron chi connectivity index (χ2n) is 5.46. The van der Waals surface area contributed by atoms with E-state index >= 15 is 0 Å². The second kappa shape index (κ2) is 9.23. The predicted octanol–water partition coefficient (Wildman–Crippen LogP) is 5.57. The fourth-order valence-corrected chi connectivity index (χ4v) is 2.39. The minimum Gasteiger partial charge on any atom is -0.394 e. The summed E-state index contributed by atoms with van der Waals surface area (Å²) in [6.07, 6.45) is 3.89. The number of hydrogen-bond donors (Lipinski definition) is 1. The molecule has 0 aliphatic heterocycles. The summed E-state index contributed by atoms with van der Waals surface area (Å²) in [5.74, 6) is 0. The second-order valence-corrected chi connectivity index (χ2v) is 5.46. The van der Waals surface area contributed by atoms with Crippen LogP contribution in [0.4, 0.5) is 13.2 Å². The normalized spacial score (nSPS) is 12.7. The number of halogens is 3. The molecule has 0 bridgehead atoms. The van der Waals surface area contributed by atoms with Crippen LogP contribution in [0.15, 0.2) is 49.2 Å². The Bertz CT molecular complexity index is 568. The molecule has 0 aromatic heterocycles. The lowest BCUT2D eigenvalue weighted by Crippen LogP contribution is -2.06. The molecule has 0 unspecified atom stereocenters. The molecule has 0 radical (unpaired) electrons. The zero-order valence-corrected chi connectivity index (χ0v) is 13.7. The first-order chi connectivity index (χ1) is 10.9. The monoisotopic (exact) mass is 323 g/mol. The molecule has 126 valence electrons. The van der Waals surface area contributed by atoms with Gasteiger partial charge in [-0.1, -0.05) is 42.5 Å². The van der Waals surface area contributed by atoms with Crippen LogP contribution in [0.5, 0.6) is 0 Å². The van der Waals surface area contributed by atoms with Crippen molar-refractivity contribution in [1.29, 1.82) is 0 Å². The molecule has 0 aliphatic rings. The van der Waals surface area contributed by atoms with E-state index in [1.165, 1.54) is 0 Å². The Morgan fingerprint density at radius 1 is 1.26 bits per heavy atom. The van der Waals surface area contributed by atoms with Crippen LogP contribution in [0.25, 0.3) is 5.57 Å². The molecule has 4 heteroatoms. The molecule has 1 nitrogen and oxygen atoms in total. The number of aryl methyl sites for hydroxylation is 2. The van der Waals surface area contributed by atoms with Crippen molar-refractivity contribution in [1.82, 2.24) is 5.32 Å². The van der Waals surface area contributed by atoms with Crippen LogP contribution in [0, 0.1) is 6.92 Å². The first-order valence-electron chi connectivity index (χ1n) is 7.70. The fourth-order valence-electron chi connectivity index (χ4n) is 2.39. The van der Waals surface area contributed by atoms with Gasteiger partial charge in [0.25, 0.3) is 0 Å². The van der Waals surface area contributed by atoms with Gasteiger partial charge < -0.3 is 5.32 Å². The summed E-state index contributed by atoms with van der Waals surface area (Å²) in [4.78, 5) is 0. The zero-order chi connectivity index (χ0) is 17.3. The summed E-state index contributed by atoms with van der Waals surface area (Å²) in [6.45, 7) is 5.72. The maximum absolute atomic E-state index is 12.3. The topological polar surface area (TPSA) is 12.0 Å². The first kappa shape index (κ1) is 19.1. The van der Waals surface area contributed by atoms with Crippen LogP contribution in [0.1, 0.15) is 36.0 Å². The molecule has 1 rings (SSSR count). The van der Waals surface area contributed by atoms with Crippen molar-refractivity contribution in [3.05, 3.63) is 65.9 Å². The molecular weight excluding hydrogens is 299 g/mol. The van der Waals surface area contributed by atoms with E-state index in [-0.39, 0.29) is 6.42 Å². The quantitative estimate of drug-likeness (QED) is 0.487. The molecule has 0 saturated heterocycles. The summed E-state index contributed by atoms with van der Waals surface area (Å²) < 4.78 is 36.8. The number of allylic oxidation sites excluding steroid dienone is 4. The average molecular weight is 323 g/mol. The van der Waals surface area contributed by atoms with Gasteiger partial charge in [0.1, 0.15) is 0 Å². The number of alkyl halides is 3. The van der Waals surface area contributed by atoms with Crippen molar-refractivity contribution in [2.75, 3.05) is 7.05 Å². The summed E-state index contributed by atoms with van der Waals surface area (Å²) in [5, 5.41) is 2.95. The Labute approximate surface area is 136 Å². The zero-order valence-electron chi connectivity index (χ0n) is 13.7. The highest BCUT2D eigenvalue weighted by molar-refractivity contribution is 5.77. The molecule has 1 aromatic carbocycles. The van der Waals surface area contributed by atoms with E-state index in [0.717, 1.165) is 22.3 Å². The van der Waals surface area contributed by atoms with Crippen molar-refractivity contribution < 1.29 is 13.2 Å². The highest BCUT2D eigenvalue weighted by Gasteiger charge is 2.25. The highest BCUT2D eigenvalue weighted by atomic mass is 19.4. The molecular formula is C19H24F3N. The van der Waals surface area contributed by atoms with Crippen LogP contribution in [0.3, 0.4) is 0 Å². The van der Waals surface area contributed by atoms with Crippen molar-refractivity contribution in [3.63, 3.8) is 0 Å². The predicted molar refractivity (Wildman–Crippen MR) is 91.2 cm³/mol. The Morgan fingerprint density at radius 3 is 2.61 bits per heavy atom. The van der Waals surface area contributed by atoms with Crippen molar-refractivity contribution >= 4 is 5.57 Å². The van der Waals surface area contributed by atoms with Crippen molar-refractivity contribution in [2.24, 2.45) is 0 Å². The van der Waals surface area contributed by atoms with Gasteiger partial charge in [-0.25, -0.2) is 0 Å². The van der Waals surface area contributed by atoms with Crippen LogP contribution in [0.2, 0.25) is 0 Å². The molecule has 0 fully saturated rings. The van der Waals surface area contributed by atoms with Gasteiger partial charge in [-0.15, -0.1) is 0 Å². The Hall–Kier alpha value is -1.97. The van der Waals surface area contributed by atoms with E-state index in [0.29, 0.717) is 12.8 Å². The molecule has 0 aliphatic carbocycles. The average Bonchev–Trinajstić information content (AvgIpc) is 2.47. The Morgan fingerprint density at radius 2 is 2.00 bits per heavy atom. The highest BCUT2D eigenvalue weighted by Crippen LogP contribution is 2.26. The fraction of sp³-hybridized carbons (Fsp3) is 0.368. The summed E-state index contributed by atoms with van der Waals surface area (Å²) in [7, 11) is 1.81. The van der Waals surface area contributed by atoms with Gasteiger partial charge in [-0.2, -0.15) is 13.2 Å². The van der Waals surface area contributed by atoms with Crippen LogP contribution in [-0.4, -0.2) is 13.2 Å². The van der Waals surface area contributed by atoms with Gasteiger partial charge in [-0.05, 0) is 55.2 Å². The standard InChI is InChI=1S/C19H24F3N/c1-4-7-16(11-13-23-3)18-10-9-15(2)14-17(18)8-5-6-12-19(20,21)22/h4,7,9-11,13-14,23H,1,5-6,8,12H2,2-3H3/b13-11-,16-7+. The SMILES string of the molecule is C=C/C=C(\C=C/NC)c1ccc(C)cc1CCCCC(F)(F)F. The lowest BCUT2D eigenvalue weighted by atomic mass is 9.93. The lowest BCUT2D eigenvalue weighted by Gasteiger charge is -2.12. The third-order valence-electron chi connectivity index (χ3n) is 3.46. The minimum absolute atomic E-state index is 0.156. The molecule has 0 heterocycles.